The summed E-state index contributed by atoms with van der Waals surface area (Å²) in [6.45, 7) is 0.128. The van der Waals surface area contributed by atoms with E-state index in [1.807, 2.05) is 54.6 Å². The van der Waals surface area contributed by atoms with Gasteiger partial charge in [0.05, 0.1) is 11.1 Å². The molecule has 4 rings (SSSR count). The fourth-order valence-corrected chi connectivity index (χ4v) is 3.01. The zero-order chi connectivity index (χ0) is 20.1. The van der Waals surface area contributed by atoms with Gasteiger partial charge in [-0.05, 0) is 36.4 Å². The van der Waals surface area contributed by atoms with E-state index in [0.29, 0.717) is 22.2 Å². The Morgan fingerprint density at radius 3 is 2.59 bits per heavy atom. The minimum Gasteiger partial charge on any atom is -0.438 e. The average Bonchev–Trinajstić information content (AvgIpc) is 2.76. The number of hydrogen-bond acceptors (Lipinski definition) is 5. The summed E-state index contributed by atoms with van der Waals surface area (Å²) in [5.74, 6) is 1.14. The highest BCUT2D eigenvalue weighted by Gasteiger charge is 2.12. The van der Waals surface area contributed by atoms with Crippen molar-refractivity contribution in [1.82, 2.24) is 9.97 Å². The minimum absolute atomic E-state index is 0.128. The number of ether oxygens (including phenoxy) is 1. The zero-order valence-electron chi connectivity index (χ0n) is 15.3. The molecule has 0 aliphatic carbocycles. The Morgan fingerprint density at radius 2 is 1.72 bits per heavy atom. The van der Waals surface area contributed by atoms with Gasteiger partial charge in [-0.25, -0.2) is 4.98 Å². The van der Waals surface area contributed by atoms with Crippen LogP contribution in [0.4, 0.5) is 0 Å². The summed E-state index contributed by atoms with van der Waals surface area (Å²) >= 11 is 6.32. The third kappa shape index (κ3) is 4.28. The lowest BCUT2D eigenvalue weighted by atomic mass is 10.1. The van der Waals surface area contributed by atoms with Crippen molar-refractivity contribution in [3.63, 3.8) is 0 Å². The van der Waals surface area contributed by atoms with Crippen LogP contribution in [0.15, 0.2) is 84.3 Å². The molecule has 0 spiro atoms. The molecule has 0 aliphatic rings. The molecule has 29 heavy (non-hydrogen) atoms. The SMILES string of the molecule is N/C(=N\OCc1c(Cl)ccc2cccnc12)c1cccnc1Oc1ccccc1. The van der Waals surface area contributed by atoms with Gasteiger partial charge in [0.1, 0.15) is 12.4 Å². The van der Waals surface area contributed by atoms with Crippen LogP contribution in [0.2, 0.25) is 5.02 Å². The van der Waals surface area contributed by atoms with Crippen LogP contribution in [0.25, 0.3) is 10.9 Å². The van der Waals surface area contributed by atoms with Gasteiger partial charge in [-0.15, -0.1) is 0 Å². The van der Waals surface area contributed by atoms with Crippen LogP contribution in [0, 0.1) is 0 Å². The molecule has 0 bridgehead atoms. The molecule has 0 saturated carbocycles. The molecule has 2 N–H and O–H groups in total. The van der Waals surface area contributed by atoms with Crippen LogP contribution < -0.4 is 10.5 Å². The number of amidine groups is 1. The van der Waals surface area contributed by atoms with Crippen molar-refractivity contribution in [3.8, 4) is 11.6 Å². The predicted octanol–water partition coefficient (Wildman–Crippen LogP) is 4.91. The lowest BCUT2D eigenvalue weighted by Gasteiger charge is -2.10. The van der Waals surface area contributed by atoms with Crippen LogP contribution in [0.3, 0.4) is 0 Å². The highest BCUT2D eigenvalue weighted by Crippen LogP contribution is 2.26. The normalized spacial score (nSPS) is 11.4. The van der Waals surface area contributed by atoms with E-state index in [1.54, 1.807) is 24.5 Å². The van der Waals surface area contributed by atoms with Gasteiger partial charge in [0.15, 0.2) is 5.84 Å². The molecule has 2 aromatic carbocycles. The van der Waals surface area contributed by atoms with Crippen LogP contribution in [0.5, 0.6) is 11.6 Å². The van der Waals surface area contributed by atoms with Crippen LogP contribution >= 0.6 is 11.6 Å². The molecule has 0 unspecified atom stereocenters. The summed E-state index contributed by atoms with van der Waals surface area (Å²) in [4.78, 5) is 14.1. The second-order valence-electron chi connectivity index (χ2n) is 6.12. The number of benzene rings is 2. The molecule has 0 amide bonds. The monoisotopic (exact) mass is 404 g/mol. The Labute approximate surface area is 172 Å². The molecule has 2 aromatic heterocycles. The number of oxime groups is 1. The van der Waals surface area contributed by atoms with E-state index in [-0.39, 0.29) is 12.4 Å². The fraction of sp³-hybridized carbons (Fsp3) is 0.0455. The summed E-state index contributed by atoms with van der Waals surface area (Å²) in [5, 5.41) is 5.55. The number of nitrogens with two attached hydrogens (primary N) is 1. The van der Waals surface area contributed by atoms with E-state index in [9.17, 15) is 0 Å². The van der Waals surface area contributed by atoms with Gasteiger partial charge in [0.25, 0.3) is 0 Å². The Kier molecular flexibility index (Phi) is 5.54. The smallest absolute Gasteiger partial charge is 0.230 e. The number of pyridine rings is 2. The standard InChI is InChI=1S/C22H17ClN4O2/c23-19-11-10-15-6-4-12-25-20(15)18(19)14-28-27-21(24)17-9-5-13-26-22(17)29-16-7-2-1-3-8-16/h1-13H,14H2,(H2,24,27). The molecule has 6 nitrogen and oxygen atoms in total. The lowest BCUT2D eigenvalue weighted by Crippen LogP contribution is -2.15. The Balaban J connectivity index is 1.54. The number of fused-ring (bicyclic) bond motifs is 1. The number of hydrogen-bond donors (Lipinski definition) is 1. The maximum Gasteiger partial charge on any atom is 0.230 e. The maximum absolute atomic E-state index is 6.32. The Morgan fingerprint density at radius 1 is 0.931 bits per heavy atom. The van der Waals surface area contributed by atoms with Crippen molar-refractivity contribution in [3.05, 3.63) is 95.3 Å². The Hall–Kier alpha value is -3.64. The largest absolute Gasteiger partial charge is 0.438 e. The molecule has 0 atom stereocenters. The number of rotatable bonds is 6. The van der Waals surface area contributed by atoms with Crippen LogP contribution in [-0.4, -0.2) is 15.8 Å². The minimum atomic E-state index is 0.128. The average molecular weight is 405 g/mol. The van der Waals surface area contributed by atoms with Crippen LogP contribution in [0.1, 0.15) is 11.1 Å². The van der Waals surface area contributed by atoms with Crippen molar-refractivity contribution in [2.45, 2.75) is 6.61 Å². The van der Waals surface area contributed by atoms with E-state index in [4.69, 9.17) is 26.9 Å². The molecule has 144 valence electrons. The van der Waals surface area contributed by atoms with Crippen molar-refractivity contribution in [1.29, 1.82) is 0 Å². The van der Waals surface area contributed by atoms with Crippen LogP contribution in [-0.2, 0) is 11.4 Å². The number of aromatic nitrogens is 2. The quantitative estimate of drug-likeness (QED) is 0.280. The van der Waals surface area contributed by atoms with Crippen molar-refractivity contribution < 1.29 is 9.57 Å². The molecule has 7 heteroatoms. The molecular formula is C22H17ClN4O2. The van der Waals surface area contributed by atoms with Crippen molar-refractivity contribution in [2.75, 3.05) is 0 Å². The number of halogens is 1. The summed E-state index contributed by atoms with van der Waals surface area (Å²) in [5.41, 5.74) is 8.16. The van der Waals surface area contributed by atoms with Gasteiger partial charge < -0.3 is 15.3 Å². The molecule has 0 aliphatic heterocycles. The van der Waals surface area contributed by atoms with Crippen molar-refractivity contribution in [2.24, 2.45) is 10.9 Å². The van der Waals surface area contributed by atoms with E-state index in [1.165, 1.54) is 0 Å². The molecule has 0 radical (unpaired) electrons. The van der Waals surface area contributed by atoms with E-state index >= 15 is 0 Å². The maximum atomic E-state index is 6.32. The first-order valence-electron chi connectivity index (χ1n) is 8.88. The van der Waals surface area contributed by atoms with E-state index in [2.05, 4.69) is 15.1 Å². The number of nitrogens with zero attached hydrogens (tertiary/aromatic N) is 3. The van der Waals surface area contributed by atoms with E-state index < -0.39 is 0 Å². The topological polar surface area (TPSA) is 82.6 Å². The zero-order valence-corrected chi connectivity index (χ0v) is 16.1. The first kappa shape index (κ1) is 18.7. The third-order valence-electron chi connectivity index (χ3n) is 4.20. The van der Waals surface area contributed by atoms with E-state index in [0.717, 1.165) is 16.5 Å². The molecule has 0 saturated heterocycles. The molecular weight excluding hydrogens is 388 g/mol. The summed E-state index contributed by atoms with van der Waals surface area (Å²) < 4.78 is 5.81. The van der Waals surface area contributed by atoms with Crippen molar-refractivity contribution >= 4 is 28.3 Å². The highest BCUT2D eigenvalue weighted by atomic mass is 35.5. The summed E-state index contributed by atoms with van der Waals surface area (Å²) in [7, 11) is 0. The summed E-state index contributed by atoms with van der Waals surface area (Å²) in [6.07, 6.45) is 3.33. The molecule has 2 heterocycles. The van der Waals surface area contributed by atoms with Gasteiger partial charge in [-0.2, -0.15) is 0 Å². The van der Waals surface area contributed by atoms with Gasteiger partial charge in [-0.3, -0.25) is 4.98 Å². The molecule has 0 fully saturated rings. The number of para-hydroxylation sites is 1. The summed E-state index contributed by atoms with van der Waals surface area (Å²) in [6, 6.07) is 20.4. The highest BCUT2D eigenvalue weighted by molar-refractivity contribution is 6.32. The fourth-order valence-electron chi connectivity index (χ4n) is 2.80. The first-order valence-corrected chi connectivity index (χ1v) is 9.26. The van der Waals surface area contributed by atoms with Gasteiger partial charge in [0, 0.05) is 28.4 Å². The lowest BCUT2D eigenvalue weighted by molar-refractivity contribution is 0.131. The van der Waals surface area contributed by atoms with Gasteiger partial charge in [-0.1, -0.05) is 47.1 Å². The van der Waals surface area contributed by atoms with Gasteiger partial charge in [0.2, 0.25) is 5.88 Å². The predicted molar refractivity (Wildman–Crippen MR) is 113 cm³/mol. The second-order valence-corrected chi connectivity index (χ2v) is 6.53. The first-order chi connectivity index (χ1) is 14.2. The molecule has 4 aromatic rings. The third-order valence-corrected chi connectivity index (χ3v) is 4.55. The second kappa shape index (κ2) is 8.58. The van der Waals surface area contributed by atoms with Gasteiger partial charge >= 0.3 is 0 Å². The Bertz CT molecular complexity index is 1170.